The zero-order chi connectivity index (χ0) is 18.3. The Morgan fingerprint density at radius 1 is 0.429 bits per heavy atom. The molecule has 2 heteroatoms. The predicted octanol–water partition coefficient (Wildman–Crippen LogP) is 7.70. The molecule has 0 aliphatic heterocycles. The number of thioether (sulfide) groups is 2. The third-order valence-electron chi connectivity index (χ3n) is 10.4. The first-order chi connectivity index (χ1) is 13.6. The summed E-state index contributed by atoms with van der Waals surface area (Å²) in [4.78, 5) is 0. The SMILES string of the molecule is C1CCC(SC23CC4CC(CC(C4)C2)C3)C(SC23CC4CC(CC(C4)C2)C3)C1. The average molecular weight is 417 g/mol. The maximum absolute atomic E-state index is 2.59. The Hall–Kier alpha value is 0.700. The Kier molecular flexibility index (Phi) is 4.31. The average Bonchev–Trinajstić information content (AvgIpc) is 2.60. The topological polar surface area (TPSA) is 0 Å². The van der Waals surface area contributed by atoms with Crippen LogP contribution in [-0.2, 0) is 0 Å². The van der Waals surface area contributed by atoms with Gasteiger partial charge in [0.15, 0.2) is 0 Å². The quantitative estimate of drug-likeness (QED) is 0.460. The van der Waals surface area contributed by atoms with E-state index in [1.807, 2.05) is 0 Å². The lowest BCUT2D eigenvalue weighted by Gasteiger charge is -2.59. The summed E-state index contributed by atoms with van der Waals surface area (Å²) in [6.07, 6.45) is 25.4. The Morgan fingerprint density at radius 3 is 1.00 bits per heavy atom. The van der Waals surface area contributed by atoms with Gasteiger partial charge in [-0.05, 0) is 125 Å². The third-order valence-corrected chi connectivity index (χ3v) is 14.3. The maximum atomic E-state index is 2.59. The monoisotopic (exact) mass is 416 g/mol. The van der Waals surface area contributed by atoms with Crippen molar-refractivity contribution < 1.29 is 0 Å². The summed E-state index contributed by atoms with van der Waals surface area (Å²) in [6, 6.07) is 0. The molecule has 0 radical (unpaired) electrons. The lowest BCUT2D eigenvalue weighted by atomic mass is 9.56. The minimum Gasteiger partial charge on any atom is -0.151 e. The molecule has 28 heavy (non-hydrogen) atoms. The predicted molar refractivity (Wildman–Crippen MR) is 123 cm³/mol. The largest absolute Gasteiger partial charge is 0.151 e. The molecule has 9 saturated carbocycles. The van der Waals surface area contributed by atoms with Crippen LogP contribution < -0.4 is 0 Å². The van der Waals surface area contributed by atoms with Crippen molar-refractivity contribution in [2.24, 2.45) is 35.5 Å². The molecule has 2 atom stereocenters. The van der Waals surface area contributed by atoms with E-state index in [9.17, 15) is 0 Å². The smallest absolute Gasteiger partial charge is 0.0172 e. The van der Waals surface area contributed by atoms with Crippen LogP contribution in [0.3, 0.4) is 0 Å². The van der Waals surface area contributed by atoms with Crippen LogP contribution in [0.15, 0.2) is 0 Å². The van der Waals surface area contributed by atoms with E-state index < -0.39 is 0 Å². The van der Waals surface area contributed by atoms with E-state index in [1.54, 1.807) is 89.9 Å². The van der Waals surface area contributed by atoms with Gasteiger partial charge in [0.2, 0.25) is 0 Å². The highest BCUT2D eigenvalue weighted by molar-refractivity contribution is 8.05. The first-order valence-electron chi connectivity index (χ1n) is 13.0. The van der Waals surface area contributed by atoms with Crippen LogP contribution in [0.2, 0.25) is 0 Å². The van der Waals surface area contributed by atoms with Crippen molar-refractivity contribution in [2.75, 3.05) is 0 Å². The maximum Gasteiger partial charge on any atom is 0.0172 e. The molecule has 0 aromatic heterocycles. The summed E-state index contributed by atoms with van der Waals surface area (Å²) in [6.45, 7) is 0. The number of hydrogen-bond donors (Lipinski definition) is 0. The molecular formula is C26H40S2. The van der Waals surface area contributed by atoms with Crippen molar-refractivity contribution in [3.63, 3.8) is 0 Å². The Labute approximate surface area is 181 Å². The third kappa shape index (κ3) is 3.08. The summed E-state index contributed by atoms with van der Waals surface area (Å²) in [5.74, 6) is 6.73. The second kappa shape index (κ2) is 6.60. The molecule has 0 aromatic carbocycles. The fraction of sp³-hybridized carbons (Fsp3) is 1.00. The summed E-state index contributed by atoms with van der Waals surface area (Å²) < 4.78 is 1.47. The molecule has 0 N–H and O–H groups in total. The van der Waals surface area contributed by atoms with Crippen LogP contribution >= 0.6 is 23.5 Å². The molecule has 0 nitrogen and oxygen atoms in total. The molecule has 156 valence electrons. The lowest BCUT2D eigenvalue weighted by molar-refractivity contribution is 0.0372. The Morgan fingerprint density at radius 2 is 0.714 bits per heavy atom. The van der Waals surface area contributed by atoms with Crippen molar-refractivity contribution in [2.45, 2.75) is 123 Å². The molecule has 0 heterocycles. The van der Waals surface area contributed by atoms with Crippen molar-refractivity contribution in [3.8, 4) is 0 Å². The van der Waals surface area contributed by atoms with Gasteiger partial charge in [-0.3, -0.25) is 0 Å². The van der Waals surface area contributed by atoms with E-state index in [0.29, 0.717) is 0 Å². The van der Waals surface area contributed by atoms with Gasteiger partial charge >= 0.3 is 0 Å². The van der Waals surface area contributed by atoms with E-state index in [1.165, 1.54) is 12.8 Å². The van der Waals surface area contributed by atoms with Gasteiger partial charge in [-0.2, -0.15) is 23.5 Å². The summed E-state index contributed by atoms with van der Waals surface area (Å²) in [7, 11) is 0. The molecule has 9 rings (SSSR count). The van der Waals surface area contributed by atoms with E-state index in [-0.39, 0.29) is 0 Å². The van der Waals surface area contributed by atoms with E-state index >= 15 is 0 Å². The van der Waals surface area contributed by atoms with Gasteiger partial charge in [0.25, 0.3) is 0 Å². The summed E-state index contributed by atoms with van der Waals surface area (Å²) in [5, 5.41) is 2.01. The highest BCUT2D eigenvalue weighted by Gasteiger charge is 2.55. The van der Waals surface area contributed by atoms with Crippen LogP contribution in [0.1, 0.15) is 103 Å². The summed E-state index contributed by atoms with van der Waals surface area (Å²) in [5.41, 5.74) is 0. The first kappa shape index (κ1) is 18.3. The molecule has 0 amide bonds. The van der Waals surface area contributed by atoms with Crippen molar-refractivity contribution in [1.29, 1.82) is 0 Å². The highest BCUT2D eigenvalue weighted by Crippen LogP contribution is 2.65. The molecule has 0 aromatic rings. The molecule has 8 bridgehead atoms. The molecule has 9 aliphatic rings. The van der Waals surface area contributed by atoms with Crippen LogP contribution in [0.25, 0.3) is 0 Å². The molecule has 0 saturated heterocycles. The van der Waals surface area contributed by atoms with Crippen LogP contribution in [0.4, 0.5) is 0 Å². The molecule has 0 spiro atoms. The van der Waals surface area contributed by atoms with Crippen molar-refractivity contribution >= 4 is 23.5 Å². The Balaban J connectivity index is 1.10. The highest BCUT2D eigenvalue weighted by atomic mass is 32.2. The lowest BCUT2D eigenvalue weighted by Crippen LogP contribution is -2.51. The molecule has 2 unspecified atom stereocenters. The second-order valence-electron chi connectivity index (χ2n) is 12.8. The zero-order valence-electron chi connectivity index (χ0n) is 17.7. The van der Waals surface area contributed by atoms with Crippen LogP contribution in [-0.4, -0.2) is 20.0 Å². The molecular weight excluding hydrogens is 376 g/mol. The van der Waals surface area contributed by atoms with Crippen LogP contribution in [0, 0.1) is 35.5 Å². The van der Waals surface area contributed by atoms with Crippen LogP contribution in [0.5, 0.6) is 0 Å². The Bertz CT molecular complexity index is 499. The second-order valence-corrected chi connectivity index (χ2v) is 16.2. The minimum atomic E-state index is 0.733. The normalized spacial score (nSPS) is 59.1. The standard InChI is InChI=1S/C26H40S2/c1-2-4-24(28-26-14-20-8-21(15-26)10-22(9-20)16-26)23(3-1)27-25-11-17-5-18(12-25)7-19(6-17)13-25/h17-24H,1-16H2. The van der Waals surface area contributed by atoms with E-state index in [0.717, 1.165) is 55.5 Å². The number of rotatable bonds is 4. The van der Waals surface area contributed by atoms with E-state index in [4.69, 9.17) is 0 Å². The fourth-order valence-corrected chi connectivity index (χ4v) is 15.1. The number of hydrogen-bond acceptors (Lipinski definition) is 2. The van der Waals surface area contributed by atoms with Gasteiger partial charge < -0.3 is 0 Å². The van der Waals surface area contributed by atoms with Crippen molar-refractivity contribution in [1.82, 2.24) is 0 Å². The van der Waals surface area contributed by atoms with Crippen molar-refractivity contribution in [3.05, 3.63) is 0 Å². The van der Waals surface area contributed by atoms with Gasteiger partial charge in [0.1, 0.15) is 0 Å². The fourth-order valence-electron chi connectivity index (χ4n) is 10.3. The zero-order valence-corrected chi connectivity index (χ0v) is 19.4. The molecule has 9 fully saturated rings. The minimum absolute atomic E-state index is 0.733. The first-order valence-corrected chi connectivity index (χ1v) is 14.8. The molecule has 9 aliphatic carbocycles. The van der Waals surface area contributed by atoms with Gasteiger partial charge in [-0.15, -0.1) is 0 Å². The van der Waals surface area contributed by atoms with Gasteiger partial charge in [-0.1, -0.05) is 12.8 Å². The van der Waals surface area contributed by atoms with Gasteiger partial charge in [-0.25, -0.2) is 0 Å². The van der Waals surface area contributed by atoms with Gasteiger partial charge in [0.05, 0.1) is 0 Å². The van der Waals surface area contributed by atoms with E-state index in [2.05, 4.69) is 23.5 Å². The summed E-state index contributed by atoms with van der Waals surface area (Å²) >= 11 is 5.19. The van der Waals surface area contributed by atoms with Gasteiger partial charge in [0, 0.05) is 20.0 Å².